The minimum atomic E-state index is 0. The third-order valence-electron chi connectivity index (χ3n) is 7.06. The lowest BCUT2D eigenvalue weighted by Crippen LogP contribution is -2.32. The van der Waals surface area contributed by atoms with Crippen molar-refractivity contribution in [3.63, 3.8) is 0 Å². The summed E-state index contributed by atoms with van der Waals surface area (Å²) in [6.45, 7) is 3.96. The number of aromatic nitrogens is 4. The number of nitrogens with zero attached hydrogens (tertiary/aromatic N) is 2. The zero-order valence-corrected chi connectivity index (χ0v) is 22.9. The first-order chi connectivity index (χ1) is 17.7. The lowest BCUT2D eigenvalue weighted by molar-refractivity contribution is 0.361. The SMILES string of the molecule is Cl.Cl.O=c1[nH]c(-c2ccccc2)cn1C1CCNCC1.O=c1[nH]c(-c2ccccc2)cn1C1CCNCC1. The molecule has 4 aromatic rings. The molecule has 0 radical (unpaired) electrons. The van der Waals surface area contributed by atoms with Crippen molar-refractivity contribution in [2.24, 2.45) is 0 Å². The maximum absolute atomic E-state index is 12.0. The molecule has 2 fully saturated rings. The van der Waals surface area contributed by atoms with E-state index in [1.165, 1.54) is 0 Å². The van der Waals surface area contributed by atoms with Crippen molar-refractivity contribution >= 4 is 24.8 Å². The second-order valence-corrected chi connectivity index (χ2v) is 9.45. The predicted octanol–water partition coefficient (Wildman–Crippen LogP) is 4.38. The predicted molar refractivity (Wildman–Crippen MR) is 158 cm³/mol. The summed E-state index contributed by atoms with van der Waals surface area (Å²) in [5, 5.41) is 6.63. The van der Waals surface area contributed by atoms with E-state index in [9.17, 15) is 9.59 Å². The summed E-state index contributed by atoms with van der Waals surface area (Å²) >= 11 is 0. The number of H-pyrrole nitrogens is 2. The molecule has 2 aliphatic rings. The molecular weight excluding hydrogens is 523 g/mol. The molecule has 2 saturated heterocycles. The maximum Gasteiger partial charge on any atom is 0.326 e. The molecule has 6 rings (SSSR count). The molecule has 0 unspecified atom stereocenters. The van der Waals surface area contributed by atoms with Gasteiger partial charge in [-0.25, -0.2) is 9.59 Å². The van der Waals surface area contributed by atoms with Gasteiger partial charge >= 0.3 is 11.4 Å². The first-order valence-electron chi connectivity index (χ1n) is 12.8. The van der Waals surface area contributed by atoms with E-state index in [1.807, 2.05) is 82.2 Å². The quantitative estimate of drug-likeness (QED) is 0.298. The molecule has 0 aliphatic carbocycles. The topological polar surface area (TPSA) is 99.6 Å². The number of benzene rings is 2. The highest BCUT2D eigenvalue weighted by atomic mass is 35.5. The van der Waals surface area contributed by atoms with Crippen molar-refractivity contribution in [1.29, 1.82) is 0 Å². The number of halogens is 2. The van der Waals surface area contributed by atoms with Gasteiger partial charge in [-0.3, -0.25) is 9.13 Å². The molecule has 4 N–H and O–H groups in total. The summed E-state index contributed by atoms with van der Waals surface area (Å²) < 4.78 is 3.70. The highest BCUT2D eigenvalue weighted by molar-refractivity contribution is 5.85. The second-order valence-electron chi connectivity index (χ2n) is 9.45. The molecule has 0 bridgehead atoms. The van der Waals surface area contributed by atoms with Crippen LogP contribution < -0.4 is 22.0 Å². The fourth-order valence-corrected chi connectivity index (χ4v) is 5.06. The summed E-state index contributed by atoms with van der Waals surface area (Å²) in [4.78, 5) is 29.9. The smallest absolute Gasteiger partial charge is 0.317 e. The van der Waals surface area contributed by atoms with Gasteiger partial charge in [0.15, 0.2) is 0 Å². The van der Waals surface area contributed by atoms with E-state index in [1.54, 1.807) is 0 Å². The summed E-state index contributed by atoms with van der Waals surface area (Å²) in [6.07, 6.45) is 7.98. The van der Waals surface area contributed by atoms with Crippen LogP contribution in [0.4, 0.5) is 0 Å². The standard InChI is InChI=1S/2C14H17N3O.2ClH/c2*18-14-16-13(11-4-2-1-3-5-11)10-17(14)12-6-8-15-9-7-12;;/h2*1-5,10,12,15H,6-9H2,(H,16,18);2*1H. The Morgan fingerprint density at radius 2 is 0.895 bits per heavy atom. The van der Waals surface area contributed by atoms with Crippen molar-refractivity contribution in [3.8, 4) is 22.5 Å². The van der Waals surface area contributed by atoms with Gasteiger partial charge in [0.25, 0.3) is 0 Å². The molecule has 0 amide bonds. The lowest BCUT2D eigenvalue weighted by Gasteiger charge is -2.22. The zero-order chi connectivity index (χ0) is 24.7. The summed E-state index contributed by atoms with van der Waals surface area (Å²) in [7, 11) is 0. The van der Waals surface area contributed by atoms with Gasteiger partial charge in [0.1, 0.15) is 0 Å². The Morgan fingerprint density at radius 3 is 1.24 bits per heavy atom. The minimum absolute atomic E-state index is 0. The molecular formula is C28H36Cl2N6O2. The Morgan fingerprint density at radius 1 is 0.553 bits per heavy atom. The highest BCUT2D eigenvalue weighted by Gasteiger charge is 2.18. The Hall–Kier alpha value is -3.04. The molecule has 4 heterocycles. The molecule has 2 aliphatic heterocycles. The van der Waals surface area contributed by atoms with Gasteiger partial charge in [0.2, 0.25) is 0 Å². The van der Waals surface area contributed by atoms with Crippen molar-refractivity contribution in [2.45, 2.75) is 37.8 Å². The molecule has 2 aromatic carbocycles. The van der Waals surface area contributed by atoms with Gasteiger partial charge in [-0.2, -0.15) is 0 Å². The van der Waals surface area contributed by atoms with E-state index >= 15 is 0 Å². The van der Waals surface area contributed by atoms with Gasteiger partial charge in [-0.05, 0) is 63.0 Å². The van der Waals surface area contributed by atoms with Crippen molar-refractivity contribution in [1.82, 2.24) is 29.7 Å². The number of imidazole rings is 2. The van der Waals surface area contributed by atoms with Crippen LogP contribution in [0.5, 0.6) is 0 Å². The Bertz CT molecular complexity index is 1250. The fourth-order valence-electron chi connectivity index (χ4n) is 5.06. The van der Waals surface area contributed by atoms with E-state index in [-0.39, 0.29) is 36.2 Å². The number of piperidine rings is 2. The Balaban J connectivity index is 0.000000200. The van der Waals surface area contributed by atoms with Gasteiger partial charge in [-0.15, -0.1) is 24.8 Å². The van der Waals surface area contributed by atoms with Crippen LogP contribution in [0.3, 0.4) is 0 Å². The van der Waals surface area contributed by atoms with E-state index in [0.29, 0.717) is 12.1 Å². The molecule has 2 aromatic heterocycles. The molecule has 204 valence electrons. The van der Waals surface area contributed by atoms with Crippen LogP contribution in [0.15, 0.2) is 82.6 Å². The average molecular weight is 560 g/mol. The van der Waals surface area contributed by atoms with Gasteiger partial charge < -0.3 is 20.6 Å². The second kappa shape index (κ2) is 14.2. The Kier molecular flexibility index (Phi) is 11.0. The molecule has 38 heavy (non-hydrogen) atoms. The third kappa shape index (κ3) is 7.08. The summed E-state index contributed by atoms with van der Waals surface area (Å²) in [5.41, 5.74) is 3.92. The minimum Gasteiger partial charge on any atom is -0.317 e. The molecule has 8 nitrogen and oxygen atoms in total. The first-order valence-corrected chi connectivity index (χ1v) is 12.8. The molecule has 10 heteroatoms. The van der Waals surface area contributed by atoms with Crippen molar-refractivity contribution < 1.29 is 0 Å². The average Bonchev–Trinajstić information content (AvgIpc) is 3.54. The van der Waals surface area contributed by atoms with Crippen LogP contribution in [0.2, 0.25) is 0 Å². The number of hydrogen-bond donors (Lipinski definition) is 4. The molecule has 0 atom stereocenters. The van der Waals surface area contributed by atoms with Gasteiger partial charge in [0, 0.05) is 24.5 Å². The monoisotopic (exact) mass is 558 g/mol. The molecule has 0 spiro atoms. The number of hydrogen-bond acceptors (Lipinski definition) is 4. The van der Waals surface area contributed by atoms with Crippen LogP contribution in [0.1, 0.15) is 37.8 Å². The van der Waals surface area contributed by atoms with Gasteiger partial charge in [0.05, 0.1) is 11.4 Å². The normalized spacial score (nSPS) is 16.0. The van der Waals surface area contributed by atoms with Crippen LogP contribution in [-0.4, -0.2) is 45.3 Å². The van der Waals surface area contributed by atoms with Crippen molar-refractivity contribution in [2.75, 3.05) is 26.2 Å². The van der Waals surface area contributed by atoms with Gasteiger partial charge in [-0.1, -0.05) is 60.7 Å². The first kappa shape index (κ1) is 29.5. The van der Waals surface area contributed by atoms with E-state index in [0.717, 1.165) is 74.4 Å². The maximum atomic E-state index is 12.0. The molecule has 0 saturated carbocycles. The summed E-state index contributed by atoms with van der Waals surface area (Å²) in [6, 6.07) is 20.6. The van der Waals surface area contributed by atoms with E-state index in [4.69, 9.17) is 0 Å². The van der Waals surface area contributed by atoms with Crippen molar-refractivity contribution in [3.05, 3.63) is 94.0 Å². The zero-order valence-electron chi connectivity index (χ0n) is 21.3. The van der Waals surface area contributed by atoms with E-state index in [2.05, 4.69) is 20.6 Å². The Labute approximate surface area is 234 Å². The van der Waals surface area contributed by atoms with Crippen LogP contribution in [-0.2, 0) is 0 Å². The van der Waals surface area contributed by atoms with Crippen LogP contribution >= 0.6 is 24.8 Å². The third-order valence-corrected chi connectivity index (χ3v) is 7.06. The lowest BCUT2D eigenvalue weighted by atomic mass is 10.1. The fraction of sp³-hybridized carbons (Fsp3) is 0.357. The van der Waals surface area contributed by atoms with E-state index < -0.39 is 0 Å². The van der Waals surface area contributed by atoms with Crippen LogP contribution in [0.25, 0.3) is 22.5 Å². The largest absolute Gasteiger partial charge is 0.326 e. The number of rotatable bonds is 4. The highest BCUT2D eigenvalue weighted by Crippen LogP contribution is 2.22. The number of nitrogens with one attached hydrogen (secondary N) is 4. The summed E-state index contributed by atoms with van der Waals surface area (Å²) in [5.74, 6) is 0. The van der Waals surface area contributed by atoms with Crippen LogP contribution in [0, 0.1) is 0 Å². The number of aromatic amines is 2.